The Morgan fingerprint density at radius 1 is 1.20 bits per heavy atom. The number of quaternary nitrogens is 1. The maximum absolute atomic E-state index is 8.65. The second-order valence-electron chi connectivity index (χ2n) is 2.68. The number of aliphatic hydroxyl groups excluding tert-OH is 1. The van der Waals surface area contributed by atoms with E-state index >= 15 is 0 Å². The van der Waals surface area contributed by atoms with Crippen molar-refractivity contribution in [2.75, 3.05) is 26.2 Å². The lowest BCUT2D eigenvalue weighted by Crippen LogP contribution is -3.12. The van der Waals surface area contributed by atoms with Crippen LogP contribution in [0.3, 0.4) is 0 Å². The van der Waals surface area contributed by atoms with E-state index in [2.05, 4.69) is 13.8 Å². The fraction of sp³-hybridized carbons (Fsp3) is 1.00. The van der Waals surface area contributed by atoms with Gasteiger partial charge in [0.25, 0.3) is 0 Å². The lowest BCUT2D eigenvalue weighted by molar-refractivity contribution is -0.898. The molecule has 0 bridgehead atoms. The Morgan fingerprint density at radius 2 is 1.90 bits per heavy atom. The predicted molar refractivity (Wildman–Crippen MR) is 43.2 cm³/mol. The molecule has 0 aromatic heterocycles. The van der Waals surface area contributed by atoms with E-state index in [1.807, 2.05) is 0 Å². The Hall–Kier alpha value is -0.0800. The molecule has 62 valence electrons. The van der Waals surface area contributed by atoms with Crippen LogP contribution in [0.1, 0.15) is 26.7 Å². The van der Waals surface area contributed by atoms with Gasteiger partial charge in [0.2, 0.25) is 0 Å². The minimum atomic E-state index is 0.326. The number of hydrogen-bond donors (Lipinski definition) is 2. The van der Waals surface area contributed by atoms with Crippen LogP contribution < -0.4 is 4.90 Å². The summed E-state index contributed by atoms with van der Waals surface area (Å²) in [6.45, 7) is 7.96. The van der Waals surface area contributed by atoms with Crippen molar-refractivity contribution in [1.82, 2.24) is 0 Å². The van der Waals surface area contributed by atoms with Gasteiger partial charge in [-0.2, -0.15) is 0 Å². The van der Waals surface area contributed by atoms with Crippen LogP contribution in [-0.2, 0) is 0 Å². The highest BCUT2D eigenvalue weighted by atomic mass is 16.3. The summed E-state index contributed by atoms with van der Waals surface area (Å²) in [5, 5.41) is 8.65. The molecule has 0 fully saturated rings. The normalized spacial score (nSPS) is 13.5. The second-order valence-corrected chi connectivity index (χ2v) is 2.68. The molecule has 0 saturated heterocycles. The first kappa shape index (κ1) is 9.92. The molecule has 1 atom stereocenters. The highest BCUT2D eigenvalue weighted by Gasteiger charge is 2.01. The maximum Gasteiger partial charge on any atom is 0.101 e. The van der Waals surface area contributed by atoms with Crippen molar-refractivity contribution in [1.29, 1.82) is 0 Å². The van der Waals surface area contributed by atoms with Crippen molar-refractivity contribution in [2.45, 2.75) is 26.7 Å². The van der Waals surface area contributed by atoms with Gasteiger partial charge in [0.1, 0.15) is 6.54 Å². The fourth-order valence-electron chi connectivity index (χ4n) is 1.06. The number of rotatable bonds is 6. The summed E-state index contributed by atoms with van der Waals surface area (Å²) in [4.78, 5) is 1.52. The molecular weight excluding hydrogens is 126 g/mol. The average Bonchev–Trinajstić information content (AvgIpc) is 1.98. The number of aliphatic hydroxyl groups is 1. The Labute approximate surface area is 63.8 Å². The first-order valence-electron chi connectivity index (χ1n) is 4.29. The minimum absolute atomic E-state index is 0.326. The van der Waals surface area contributed by atoms with Gasteiger partial charge in [-0.3, -0.25) is 0 Å². The molecule has 2 heteroatoms. The molecule has 0 heterocycles. The van der Waals surface area contributed by atoms with Crippen LogP contribution >= 0.6 is 0 Å². The molecule has 10 heavy (non-hydrogen) atoms. The lowest BCUT2D eigenvalue weighted by atomic mass is 10.3. The van der Waals surface area contributed by atoms with Gasteiger partial charge in [0.05, 0.1) is 19.7 Å². The van der Waals surface area contributed by atoms with E-state index in [4.69, 9.17) is 5.11 Å². The molecule has 0 aliphatic rings. The first-order valence-corrected chi connectivity index (χ1v) is 4.29. The number of hydrogen-bond acceptors (Lipinski definition) is 1. The molecule has 0 rings (SSSR count). The summed E-state index contributed by atoms with van der Waals surface area (Å²) in [6.07, 6.45) is 2.54. The lowest BCUT2D eigenvalue weighted by Gasteiger charge is -2.15. The quantitative estimate of drug-likeness (QED) is 0.527. The Kier molecular flexibility index (Phi) is 6.98. The van der Waals surface area contributed by atoms with E-state index in [1.165, 1.54) is 24.3 Å². The molecular formula is C8H20NO+. The Balaban J connectivity index is 3.21. The maximum atomic E-state index is 8.65. The molecule has 2 nitrogen and oxygen atoms in total. The second kappa shape index (κ2) is 7.03. The van der Waals surface area contributed by atoms with Crippen LogP contribution in [0.5, 0.6) is 0 Å². The highest BCUT2D eigenvalue weighted by Crippen LogP contribution is 1.78. The largest absolute Gasteiger partial charge is 0.391 e. The van der Waals surface area contributed by atoms with Gasteiger partial charge >= 0.3 is 0 Å². The van der Waals surface area contributed by atoms with Crippen LogP contribution in [0, 0.1) is 0 Å². The molecule has 2 N–H and O–H groups in total. The zero-order chi connectivity index (χ0) is 7.82. The third-order valence-corrected chi connectivity index (χ3v) is 1.85. The van der Waals surface area contributed by atoms with Crippen LogP contribution in [0.15, 0.2) is 0 Å². The predicted octanol–water partition coefficient (Wildman–Crippen LogP) is -0.316. The average molecular weight is 146 g/mol. The van der Waals surface area contributed by atoms with Gasteiger partial charge in [0.15, 0.2) is 0 Å². The van der Waals surface area contributed by atoms with Crippen molar-refractivity contribution in [3.63, 3.8) is 0 Å². The van der Waals surface area contributed by atoms with E-state index in [9.17, 15) is 0 Å². The van der Waals surface area contributed by atoms with Crippen molar-refractivity contribution in [3.8, 4) is 0 Å². The number of likely N-dealkylation sites (N-methyl/N-ethyl adjacent to an activating group) is 1. The Bertz CT molecular complexity index is 66.3. The van der Waals surface area contributed by atoms with Crippen molar-refractivity contribution in [2.24, 2.45) is 0 Å². The van der Waals surface area contributed by atoms with Gasteiger partial charge in [-0.05, 0) is 13.3 Å². The molecule has 0 spiro atoms. The van der Waals surface area contributed by atoms with Gasteiger partial charge in [0, 0.05) is 0 Å². The molecule has 0 aliphatic heterocycles. The molecule has 0 aromatic rings. The summed E-state index contributed by atoms with van der Waals surface area (Å²) < 4.78 is 0. The monoisotopic (exact) mass is 146 g/mol. The summed E-state index contributed by atoms with van der Waals surface area (Å²) >= 11 is 0. The van der Waals surface area contributed by atoms with Crippen LogP contribution in [0.4, 0.5) is 0 Å². The zero-order valence-corrected chi connectivity index (χ0v) is 7.19. The van der Waals surface area contributed by atoms with E-state index in [1.54, 1.807) is 0 Å². The first-order chi connectivity index (χ1) is 4.85. The van der Waals surface area contributed by atoms with E-state index < -0.39 is 0 Å². The zero-order valence-electron chi connectivity index (χ0n) is 7.19. The fourth-order valence-corrected chi connectivity index (χ4v) is 1.06. The summed E-state index contributed by atoms with van der Waals surface area (Å²) in [5.41, 5.74) is 0. The van der Waals surface area contributed by atoms with Crippen molar-refractivity contribution < 1.29 is 10.0 Å². The van der Waals surface area contributed by atoms with Gasteiger partial charge in [-0.25, -0.2) is 0 Å². The third-order valence-electron chi connectivity index (χ3n) is 1.85. The minimum Gasteiger partial charge on any atom is -0.391 e. The molecule has 0 aliphatic carbocycles. The smallest absolute Gasteiger partial charge is 0.101 e. The number of nitrogens with one attached hydrogen (secondary N) is 1. The van der Waals surface area contributed by atoms with E-state index in [-0.39, 0.29) is 0 Å². The van der Waals surface area contributed by atoms with Gasteiger partial charge < -0.3 is 10.0 Å². The molecule has 0 saturated carbocycles. The summed E-state index contributed by atoms with van der Waals surface area (Å²) in [7, 11) is 0. The van der Waals surface area contributed by atoms with Crippen LogP contribution in [0.2, 0.25) is 0 Å². The van der Waals surface area contributed by atoms with Crippen LogP contribution in [-0.4, -0.2) is 31.3 Å². The number of unbranched alkanes of at least 4 members (excludes halogenated alkanes) is 1. The standard InChI is InChI=1S/C8H19NO/c1-3-5-6-9(4-2)7-8-10/h10H,3-8H2,1-2H3/p+1. The molecule has 0 radical (unpaired) electrons. The highest BCUT2D eigenvalue weighted by molar-refractivity contribution is 4.30. The van der Waals surface area contributed by atoms with Gasteiger partial charge in [-0.1, -0.05) is 13.3 Å². The van der Waals surface area contributed by atoms with E-state index in [0.29, 0.717) is 6.61 Å². The van der Waals surface area contributed by atoms with Gasteiger partial charge in [-0.15, -0.1) is 0 Å². The SMILES string of the molecule is CCCC[NH+](CC)CCO. The third kappa shape index (κ3) is 4.77. The van der Waals surface area contributed by atoms with Crippen LogP contribution in [0.25, 0.3) is 0 Å². The Morgan fingerprint density at radius 3 is 2.30 bits per heavy atom. The molecule has 0 amide bonds. The molecule has 1 unspecified atom stereocenters. The topological polar surface area (TPSA) is 24.7 Å². The summed E-state index contributed by atoms with van der Waals surface area (Å²) in [5.74, 6) is 0. The van der Waals surface area contributed by atoms with Crippen molar-refractivity contribution >= 4 is 0 Å². The van der Waals surface area contributed by atoms with E-state index in [0.717, 1.165) is 13.1 Å². The molecule has 0 aromatic carbocycles. The summed E-state index contributed by atoms with van der Waals surface area (Å²) in [6, 6.07) is 0. The van der Waals surface area contributed by atoms with Crippen molar-refractivity contribution in [3.05, 3.63) is 0 Å².